The summed E-state index contributed by atoms with van der Waals surface area (Å²) in [7, 11) is 1.75. The fourth-order valence-corrected chi connectivity index (χ4v) is 2.71. The van der Waals surface area contributed by atoms with Gasteiger partial charge in [0.15, 0.2) is 0 Å². The molecule has 0 amide bonds. The van der Waals surface area contributed by atoms with E-state index >= 15 is 0 Å². The number of methoxy groups -OCH3 is 1. The highest BCUT2D eigenvalue weighted by Gasteiger charge is 2.40. The lowest BCUT2D eigenvalue weighted by atomic mass is 9.79. The predicted octanol–water partition coefficient (Wildman–Crippen LogP) is 2.40. The molecule has 0 bridgehead atoms. The molecule has 0 aromatic carbocycles. The lowest BCUT2D eigenvalue weighted by Crippen LogP contribution is -2.34. The molecular formula is C14H25N3O2. The van der Waals surface area contributed by atoms with Crippen LogP contribution in [0.2, 0.25) is 0 Å². The molecule has 19 heavy (non-hydrogen) atoms. The van der Waals surface area contributed by atoms with Gasteiger partial charge in [0.05, 0.1) is 0 Å². The van der Waals surface area contributed by atoms with E-state index in [2.05, 4.69) is 17.1 Å². The summed E-state index contributed by atoms with van der Waals surface area (Å²) in [6.45, 7) is 2.99. The van der Waals surface area contributed by atoms with Crippen LogP contribution in [0.1, 0.15) is 57.2 Å². The maximum Gasteiger partial charge on any atom is 0.226 e. The van der Waals surface area contributed by atoms with Gasteiger partial charge in [-0.3, -0.25) is 0 Å². The summed E-state index contributed by atoms with van der Waals surface area (Å²) in [6, 6.07) is 0. The zero-order chi connectivity index (χ0) is 13.7. The average molecular weight is 267 g/mol. The van der Waals surface area contributed by atoms with Crippen LogP contribution in [-0.4, -0.2) is 23.8 Å². The minimum Gasteiger partial charge on any atom is -0.370 e. The molecule has 0 spiro atoms. The van der Waals surface area contributed by atoms with Gasteiger partial charge in [0.1, 0.15) is 5.60 Å². The van der Waals surface area contributed by atoms with Crippen LogP contribution in [0.4, 0.5) is 0 Å². The Morgan fingerprint density at radius 1 is 1.37 bits per heavy atom. The Morgan fingerprint density at radius 2 is 2.11 bits per heavy atom. The van der Waals surface area contributed by atoms with Gasteiger partial charge in [-0.2, -0.15) is 4.98 Å². The lowest BCUT2D eigenvalue weighted by molar-refractivity contribution is -0.0609. The molecular weight excluding hydrogens is 242 g/mol. The lowest BCUT2D eigenvalue weighted by Gasteiger charge is -2.35. The maximum absolute atomic E-state index is 5.75. The van der Waals surface area contributed by atoms with Gasteiger partial charge in [0.25, 0.3) is 0 Å². The van der Waals surface area contributed by atoms with Crippen LogP contribution in [0.3, 0.4) is 0 Å². The second-order valence-corrected chi connectivity index (χ2v) is 5.64. The number of nitrogens with two attached hydrogens (primary N) is 1. The van der Waals surface area contributed by atoms with Crippen molar-refractivity contribution in [3.05, 3.63) is 11.7 Å². The Balaban J connectivity index is 2.02. The molecule has 0 saturated heterocycles. The SMILES string of the molecule is COC1(c2noc(CCCCN)n2)CCC(C)CC1. The summed E-state index contributed by atoms with van der Waals surface area (Å²) < 4.78 is 11.1. The molecule has 1 aliphatic carbocycles. The van der Waals surface area contributed by atoms with E-state index in [-0.39, 0.29) is 5.60 Å². The van der Waals surface area contributed by atoms with Crippen molar-refractivity contribution in [2.45, 2.75) is 57.5 Å². The molecule has 1 aliphatic rings. The van der Waals surface area contributed by atoms with Crippen LogP contribution in [0.5, 0.6) is 0 Å². The molecule has 108 valence electrons. The third-order valence-electron chi connectivity index (χ3n) is 4.19. The molecule has 0 radical (unpaired) electrons. The molecule has 1 aromatic rings. The second kappa shape index (κ2) is 6.48. The largest absolute Gasteiger partial charge is 0.370 e. The topological polar surface area (TPSA) is 74.2 Å². The smallest absolute Gasteiger partial charge is 0.226 e. The third kappa shape index (κ3) is 3.34. The van der Waals surface area contributed by atoms with Crippen molar-refractivity contribution in [1.29, 1.82) is 0 Å². The van der Waals surface area contributed by atoms with Crippen molar-refractivity contribution in [2.24, 2.45) is 11.7 Å². The maximum atomic E-state index is 5.75. The molecule has 0 atom stereocenters. The second-order valence-electron chi connectivity index (χ2n) is 5.64. The zero-order valence-corrected chi connectivity index (χ0v) is 12.0. The summed E-state index contributed by atoms with van der Waals surface area (Å²) in [5, 5.41) is 4.14. The van der Waals surface area contributed by atoms with Gasteiger partial charge in [-0.1, -0.05) is 12.1 Å². The highest BCUT2D eigenvalue weighted by atomic mass is 16.5. The highest BCUT2D eigenvalue weighted by molar-refractivity contribution is 5.04. The van der Waals surface area contributed by atoms with Gasteiger partial charge >= 0.3 is 0 Å². The molecule has 1 fully saturated rings. The van der Waals surface area contributed by atoms with Crippen molar-refractivity contribution >= 4 is 0 Å². The first kappa shape index (κ1) is 14.5. The van der Waals surface area contributed by atoms with Gasteiger partial charge in [-0.15, -0.1) is 0 Å². The van der Waals surface area contributed by atoms with E-state index in [1.165, 1.54) is 0 Å². The molecule has 1 saturated carbocycles. The quantitative estimate of drug-likeness (QED) is 0.801. The van der Waals surface area contributed by atoms with Gasteiger partial charge in [0.2, 0.25) is 11.7 Å². The monoisotopic (exact) mass is 267 g/mol. The zero-order valence-electron chi connectivity index (χ0n) is 12.0. The molecule has 0 unspecified atom stereocenters. The van der Waals surface area contributed by atoms with Crippen LogP contribution < -0.4 is 5.73 Å². The molecule has 1 heterocycles. The Hall–Kier alpha value is -0.940. The summed E-state index contributed by atoms with van der Waals surface area (Å²) in [5.74, 6) is 2.20. The summed E-state index contributed by atoms with van der Waals surface area (Å²) >= 11 is 0. The van der Waals surface area contributed by atoms with Gasteiger partial charge in [0, 0.05) is 13.5 Å². The Bertz CT molecular complexity index is 384. The first-order chi connectivity index (χ1) is 9.20. The van der Waals surface area contributed by atoms with Crippen LogP contribution in [-0.2, 0) is 16.8 Å². The van der Waals surface area contributed by atoms with Gasteiger partial charge < -0.3 is 15.0 Å². The highest BCUT2D eigenvalue weighted by Crippen LogP contribution is 2.40. The van der Waals surface area contributed by atoms with Crippen molar-refractivity contribution in [1.82, 2.24) is 10.1 Å². The fourth-order valence-electron chi connectivity index (χ4n) is 2.71. The number of rotatable bonds is 6. The minimum atomic E-state index is -0.331. The Labute approximate surface area is 114 Å². The van der Waals surface area contributed by atoms with Crippen molar-refractivity contribution in [3.63, 3.8) is 0 Å². The Kier molecular flexibility index (Phi) is 4.93. The summed E-state index contributed by atoms with van der Waals surface area (Å²) in [4.78, 5) is 4.53. The van der Waals surface area contributed by atoms with E-state index in [9.17, 15) is 0 Å². The summed E-state index contributed by atoms with van der Waals surface area (Å²) in [5.41, 5.74) is 5.15. The van der Waals surface area contributed by atoms with E-state index in [1.807, 2.05) is 0 Å². The predicted molar refractivity (Wildman–Crippen MR) is 72.6 cm³/mol. The average Bonchev–Trinajstić information content (AvgIpc) is 2.90. The normalized spacial score (nSPS) is 27.6. The van der Waals surface area contributed by atoms with E-state index in [0.717, 1.165) is 56.7 Å². The number of nitrogens with zero attached hydrogens (tertiary/aromatic N) is 2. The number of aromatic nitrogens is 2. The third-order valence-corrected chi connectivity index (χ3v) is 4.19. The van der Waals surface area contributed by atoms with E-state index in [1.54, 1.807) is 7.11 Å². The van der Waals surface area contributed by atoms with E-state index in [0.29, 0.717) is 12.4 Å². The number of ether oxygens (including phenoxy) is 1. The van der Waals surface area contributed by atoms with Gasteiger partial charge in [-0.05, 0) is 51.0 Å². The fraction of sp³-hybridized carbons (Fsp3) is 0.857. The first-order valence-corrected chi connectivity index (χ1v) is 7.28. The first-order valence-electron chi connectivity index (χ1n) is 7.28. The number of aryl methyl sites for hydroxylation is 1. The van der Waals surface area contributed by atoms with E-state index < -0.39 is 0 Å². The van der Waals surface area contributed by atoms with Crippen LogP contribution in [0, 0.1) is 5.92 Å². The minimum absolute atomic E-state index is 0.331. The van der Waals surface area contributed by atoms with Gasteiger partial charge in [-0.25, -0.2) is 0 Å². The van der Waals surface area contributed by atoms with E-state index in [4.69, 9.17) is 15.0 Å². The molecule has 2 N–H and O–H groups in total. The number of hydrogen-bond acceptors (Lipinski definition) is 5. The van der Waals surface area contributed by atoms with Crippen molar-refractivity contribution < 1.29 is 9.26 Å². The molecule has 1 aromatic heterocycles. The van der Waals surface area contributed by atoms with Crippen LogP contribution in [0.15, 0.2) is 4.52 Å². The van der Waals surface area contributed by atoms with Crippen LogP contribution >= 0.6 is 0 Å². The summed E-state index contributed by atoms with van der Waals surface area (Å²) in [6.07, 6.45) is 7.06. The molecule has 2 rings (SSSR count). The Morgan fingerprint density at radius 3 is 2.74 bits per heavy atom. The van der Waals surface area contributed by atoms with Crippen molar-refractivity contribution in [3.8, 4) is 0 Å². The number of unbranched alkanes of at least 4 members (excludes halogenated alkanes) is 1. The van der Waals surface area contributed by atoms with Crippen LogP contribution in [0.25, 0.3) is 0 Å². The molecule has 0 aliphatic heterocycles. The van der Waals surface area contributed by atoms with Crippen molar-refractivity contribution in [2.75, 3.05) is 13.7 Å². The molecule has 5 nitrogen and oxygen atoms in total. The molecule has 5 heteroatoms. The number of hydrogen-bond donors (Lipinski definition) is 1. The standard InChI is InChI=1S/C14H25N3O2/c1-11-6-8-14(18-2,9-7-11)13-16-12(19-17-13)5-3-4-10-15/h11H,3-10,15H2,1-2H3.